The van der Waals surface area contributed by atoms with Gasteiger partial charge in [0.1, 0.15) is 35.8 Å². The first-order valence-electron chi connectivity index (χ1n) is 17.8. The van der Waals surface area contributed by atoms with Crippen molar-refractivity contribution in [3.8, 4) is 17.6 Å². The standard InChI is InChI=1S/C41H39N6O8P/c1-50-32-18-14-30(15-19-32)41(29-12-7-4-8-13-29,31-16-20-33(51-2)21-17-31)52-25-35-34(55-56(49)53-23-9-22-42)24-36(54-35)47-27-45-37-38(43-26-44-39(37)47)46-40(48)28-10-5-3-6-11-28/h3-8,10-21,26-27,34-36,49H,9,23-25H2,1-2H3,(H,43,44,46,48)/t34-,35+,36+,56?/m0/s1. The summed E-state index contributed by atoms with van der Waals surface area (Å²) in [6, 6.07) is 36.0. The number of ether oxygens (including phenoxy) is 4. The second-order valence-electron chi connectivity index (χ2n) is 12.7. The van der Waals surface area contributed by atoms with Gasteiger partial charge in [0.05, 0.1) is 52.4 Å². The summed E-state index contributed by atoms with van der Waals surface area (Å²) in [5, 5.41) is 11.8. The number of carbonyl (C=O) groups excluding carboxylic acids is 1. The first kappa shape index (κ1) is 38.5. The summed E-state index contributed by atoms with van der Waals surface area (Å²) in [5.41, 5.74) is 2.61. The second-order valence-corrected chi connectivity index (χ2v) is 13.6. The maximum atomic E-state index is 13.0. The zero-order valence-corrected chi connectivity index (χ0v) is 31.5. The number of hydrogen-bond acceptors (Lipinski definition) is 12. The molecule has 0 spiro atoms. The van der Waals surface area contributed by atoms with Crippen molar-refractivity contribution in [3.63, 3.8) is 0 Å². The molecule has 0 saturated carbocycles. The Morgan fingerprint density at radius 3 is 2.16 bits per heavy atom. The van der Waals surface area contributed by atoms with Gasteiger partial charge in [-0.2, -0.15) is 5.26 Å². The number of aromatic nitrogens is 4. The van der Waals surface area contributed by atoms with Crippen LogP contribution in [-0.4, -0.2) is 70.0 Å². The van der Waals surface area contributed by atoms with Crippen LogP contribution in [0.3, 0.4) is 0 Å². The van der Waals surface area contributed by atoms with Crippen molar-refractivity contribution in [1.29, 1.82) is 5.26 Å². The molecule has 7 rings (SSSR count). The molecule has 0 bridgehead atoms. The van der Waals surface area contributed by atoms with Crippen LogP contribution in [0.4, 0.5) is 5.82 Å². The van der Waals surface area contributed by atoms with Gasteiger partial charge in [-0.3, -0.25) is 9.36 Å². The van der Waals surface area contributed by atoms with Gasteiger partial charge in [0.25, 0.3) is 5.91 Å². The highest BCUT2D eigenvalue weighted by molar-refractivity contribution is 7.40. The van der Waals surface area contributed by atoms with Crippen molar-refractivity contribution in [2.45, 2.75) is 36.9 Å². The Kier molecular flexibility index (Phi) is 12.2. The number of imidazole rings is 1. The highest BCUT2D eigenvalue weighted by Crippen LogP contribution is 2.45. The zero-order chi connectivity index (χ0) is 38.9. The first-order valence-corrected chi connectivity index (χ1v) is 18.9. The highest BCUT2D eigenvalue weighted by Gasteiger charge is 2.44. The number of anilines is 1. The molecule has 1 amide bonds. The molecule has 1 saturated heterocycles. The number of nitrogens with zero attached hydrogens (tertiary/aromatic N) is 5. The predicted molar refractivity (Wildman–Crippen MR) is 207 cm³/mol. The quantitative estimate of drug-likeness (QED) is 0.0591. The fraction of sp³-hybridized carbons (Fsp3) is 0.244. The Morgan fingerprint density at radius 1 is 0.911 bits per heavy atom. The number of carbonyl (C=O) groups is 1. The van der Waals surface area contributed by atoms with Gasteiger partial charge in [-0.25, -0.2) is 15.0 Å². The molecular weight excluding hydrogens is 735 g/mol. The van der Waals surface area contributed by atoms with E-state index in [9.17, 15) is 9.69 Å². The van der Waals surface area contributed by atoms with Gasteiger partial charge < -0.3 is 38.2 Å². The highest BCUT2D eigenvalue weighted by atomic mass is 31.2. The summed E-state index contributed by atoms with van der Waals surface area (Å²) in [7, 11) is 0.859. The molecule has 1 aliphatic rings. The Bertz CT molecular complexity index is 2210. The SMILES string of the molecule is COc1ccc(C(OC[C@H]2O[C@@H](n3cnc4c(NC(=O)c5ccccc5)ncnc43)C[C@@H]2OP(O)OCCC#N)(c2ccccc2)c2ccc(OC)cc2)cc1. The number of amides is 1. The molecule has 2 N–H and O–H groups in total. The largest absolute Gasteiger partial charge is 0.497 e. The molecule has 56 heavy (non-hydrogen) atoms. The fourth-order valence-electron chi connectivity index (χ4n) is 6.65. The average molecular weight is 775 g/mol. The summed E-state index contributed by atoms with van der Waals surface area (Å²) < 4.78 is 38.1. The number of fused-ring (bicyclic) bond motifs is 1. The molecule has 3 heterocycles. The Balaban J connectivity index is 1.23. The second kappa shape index (κ2) is 17.8. The monoisotopic (exact) mass is 774 g/mol. The summed E-state index contributed by atoms with van der Waals surface area (Å²) in [5.74, 6) is 1.27. The number of nitrogens with one attached hydrogen (secondary N) is 1. The van der Waals surface area contributed by atoms with Crippen LogP contribution in [0.25, 0.3) is 11.2 Å². The number of hydrogen-bond donors (Lipinski definition) is 2. The number of benzene rings is 4. The van der Waals surface area contributed by atoms with E-state index in [-0.39, 0.29) is 37.8 Å². The normalized spacial score (nSPS) is 17.3. The van der Waals surface area contributed by atoms with Gasteiger partial charge in [0.15, 0.2) is 17.0 Å². The lowest BCUT2D eigenvalue weighted by Crippen LogP contribution is -2.38. The third-order valence-corrected chi connectivity index (χ3v) is 10.3. The molecule has 0 radical (unpaired) electrons. The van der Waals surface area contributed by atoms with Crippen molar-refractivity contribution in [2.75, 3.05) is 32.8 Å². The minimum absolute atomic E-state index is 0.00346. The molecule has 4 atom stereocenters. The van der Waals surface area contributed by atoms with Crippen LogP contribution in [0, 0.1) is 11.3 Å². The lowest BCUT2D eigenvalue weighted by atomic mass is 9.80. The van der Waals surface area contributed by atoms with Gasteiger partial charge in [0, 0.05) is 12.0 Å². The molecule has 0 aliphatic carbocycles. The molecule has 286 valence electrons. The number of nitriles is 1. The number of methoxy groups -OCH3 is 2. The van der Waals surface area contributed by atoms with E-state index in [4.69, 9.17) is 33.3 Å². The smallest absolute Gasteiger partial charge is 0.330 e. The minimum Gasteiger partial charge on any atom is -0.497 e. The van der Waals surface area contributed by atoms with Crippen LogP contribution >= 0.6 is 8.60 Å². The van der Waals surface area contributed by atoms with Crippen molar-refractivity contribution in [3.05, 3.63) is 144 Å². The van der Waals surface area contributed by atoms with E-state index < -0.39 is 32.6 Å². The lowest BCUT2D eigenvalue weighted by molar-refractivity contribution is -0.0912. The van der Waals surface area contributed by atoms with Crippen LogP contribution in [-0.2, 0) is 24.1 Å². The van der Waals surface area contributed by atoms with Crippen LogP contribution in [0.5, 0.6) is 11.5 Å². The van der Waals surface area contributed by atoms with Crippen molar-refractivity contribution < 1.29 is 37.7 Å². The Labute approximate surface area is 324 Å². The molecule has 1 unspecified atom stereocenters. The van der Waals surface area contributed by atoms with E-state index in [1.54, 1.807) is 49.4 Å². The molecule has 6 aromatic rings. The summed E-state index contributed by atoms with van der Waals surface area (Å²) in [4.78, 5) is 37.2. The van der Waals surface area contributed by atoms with Gasteiger partial charge >= 0.3 is 8.60 Å². The third kappa shape index (κ3) is 8.24. The van der Waals surface area contributed by atoms with Crippen LogP contribution in [0.2, 0.25) is 0 Å². The summed E-state index contributed by atoms with van der Waals surface area (Å²) in [6.45, 7) is -0.00102. The van der Waals surface area contributed by atoms with E-state index in [1.807, 2.05) is 91.0 Å². The van der Waals surface area contributed by atoms with Crippen molar-refractivity contribution >= 4 is 31.5 Å². The van der Waals surface area contributed by atoms with E-state index in [0.29, 0.717) is 28.2 Å². The van der Waals surface area contributed by atoms with E-state index >= 15 is 0 Å². The molecule has 1 aliphatic heterocycles. The average Bonchev–Trinajstić information content (AvgIpc) is 3.86. The van der Waals surface area contributed by atoms with Crippen LogP contribution in [0.1, 0.15) is 46.1 Å². The summed E-state index contributed by atoms with van der Waals surface area (Å²) >= 11 is 0. The third-order valence-electron chi connectivity index (χ3n) is 9.40. The zero-order valence-electron chi connectivity index (χ0n) is 30.6. The lowest BCUT2D eigenvalue weighted by Gasteiger charge is -2.37. The Hall–Kier alpha value is -5.78. The molecule has 4 aromatic carbocycles. The summed E-state index contributed by atoms with van der Waals surface area (Å²) in [6.07, 6.45) is 1.10. The molecule has 14 nitrogen and oxygen atoms in total. The molecule has 2 aromatic heterocycles. The first-order chi connectivity index (χ1) is 27.4. The van der Waals surface area contributed by atoms with Crippen LogP contribution in [0.15, 0.2) is 122 Å². The molecule has 15 heteroatoms. The Morgan fingerprint density at radius 2 is 1.54 bits per heavy atom. The minimum atomic E-state index is -2.37. The molecular formula is C41H39N6O8P. The maximum absolute atomic E-state index is 13.0. The maximum Gasteiger partial charge on any atom is 0.330 e. The van der Waals surface area contributed by atoms with E-state index in [1.165, 1.54) is 6.33 Å². The van der Waals surface area contributed by atoms with Gasteiger partial charge in [-0.1, -0.05) is 72.8 Å². The number of rotatable bonds is 16. The van der Waals surface area contributed by atoms with Crippen LogP contribution < -0.4 is 14.8 Å². The van der Waals surface area contributed by atoms with Crippen molar-refractivity contribution in [1.82, 2.24) is 19.5 Å². The van der Waals surface area contributed by atoms with Gasteiger partial charge in [-0.15, -0.1) is 0 Å². The fourth-order valence-corrected chi connectivity index (χ4v) is 7.41. The van der Waals surface area contributed by atoms with Gasteiger partial charge in [-0.05, 0) is 53.1 Å². The van der Waals surface area contributed by atoms with E-state index in [0.717, 1.165) is 16.7 Å². The topological polar surface area (TPSA) is 172 Å². The van der Waals surface area contributed by atoms with E-state index in [2.05, 4.69) is 20.3 Å². The van der Waals surface area contributed by atoms with Gasteiger partial charge in [0.2, 0.25) is 0 Å². The van der Waals surface area contributed by atoms with Crippen molar-refractivity contribution in [2.24, 2.45) is 0 Å². The molecule has 1 fully saturated rings. The predicted octanol–water partition coefficient (Wildman–Crippen LogP) is 6.93.